The van der Waals surface area contributed by atoms with Crippen molar-refractivity contribution in [1.29, 1.82) is 0 Å². The number of rotatable bonds is 2. The molecule has 1 aliphatic heterocycles. The molecule has 0 saturated carbocycles. The summed E-state index contributed by atoms with van der Waals surface area (Å²) >= 11 is 0. The minimum Gasteiger partial charge on any atom is -0.410 e. The van der Waals surface area contributed by atoms with Gasteiger partial charge in [-0.15, -0.1) is 0 Å². The molecule has 1 spiro atoms. The van der Waals surface area contributed by atoms with Crippen molar-refractivity contribution in [1.82, 2.24) is 0 Å². The Labute approximate surface area is 125 Å². The zero-order valence-corrected chi connectivity index (χ0v) is 15.1. The minimum atomic E-state index is -1.74. The lowest BCUT2D eigenvalue weighted by Gasteiger charge is -2.48. The van der Waals surface area contributed by atoms with Crippen LogP contribution in [0, 0.1) is 5.41 Å². The van der Waals surface area contributed by atoms with E-state index in [1.807, 2.05) is 0 Å². The summed E-state index contributed by atoms with van der Waals surface area (Å²) < 4.78 is 6.78. The molecule has 1 aliphatic carbocycles. The topological polar surface area (TPSA) is 21.6 Å². The molecule has 0 fully saturated rings. The number of allylic oxidation sites excluding steroid dienone is 1. The van der Waals surface area contributed by atoms with E-state index < -0.39 is 8.32 Å². The monoisotopic (exact) mass is 293 g/mol. The molecule has 0 unspecified atom stereocenters. The van der Waals surface area contributed by atoms with Crippen LogP contribution < -0.4 is 0 Å². The molecule has 2 rings (SSSR count). The highest BCUT2D eigenvalue weighted by Gasteiger charge is 2.47. The highest BCUT2D eigenvalue weighted by Crippen LogP contribution is 2.46. The van der Waals surface area contributed by atoms with Crippen LogP contribution in [0.25, 0.3) is 0 Å². The Morgan fingerprint density at radius 2 is 2.00 bits per heavy atom. The molecule has 2 nitrogen and oxygen atoms in total. The molecule has 2 atom stereocenters. The van der Waals surface area contributed by atoms with E-state index in [2.05, 4.69) is 52.9 Å². The van der Waals surface area contributed by atoms with Crippen molar-refractivity contribution >= 4 is 14.0 Å². The summed E-state index contributed by atoms with van der Waals surface area (Å²) in [7, 11) is -1.74. The predicted octanol–water partition coefficient (Wildman–Crippen LogP) is 4.97. The molecule has 1 heterocycles. The molecule has 0 amide bonds. The lowest BCUT2D eigenvalue weighted by molar-refractivity contribution is 0.0963. The first kappa shape index (κ1) is 16.0. The van der Waals surface area contributed by atoms with Gasteiger partial charge in [-0.25, -0.2) is 0 Å². The number of nitrogens with zero attached hydrogens (tertiary/aromatic N) is 1. The molecule has 0 saturated heterocycles. The van der Waals surface area contributed by atoms with E-state index in [0.29, 0.717) is 0 Å². The van der Waals surface area contributed by atoms with E-state index in [0.717, 1.165) is 6.54 Å². The molecule has 0 N–H and O–H groups in total. The lowest BCUT2D eigenvalue weighted by Crippen LogP contribution is -2.52. The average molecular weight is 294 g/mol. The predicted molar refractivity (Wildman–Crippen MR) is 90.1 cm³/mol. The molecule has 3 heteroatoms. The van der Waals surface area contributed by atoms with Gasteiger partial charge < -0.3 is 4.43 Å². The first-order valence-electron chi connectivity index (χ1n) is 8.05. The first-order chi connectivity index (χ1) is 9.19. The van der Waals surface area contributed by atoms with Crippen LogP contribution in [0.5, 0.6) is 0 Å². The number of aliphatic imine (C=N–C) groups is 1. The SMILES string of the molecule is CC1=NCCC[C@@]12CCC=C[C@@H]2O[Si](C)(C)C(C)(C)C. The number of hydrogen-bond donors (Lipinski definition) is 0. The molecule has 0 aromatic heterocycles. The quantitative estimate of drug-likeness (QED) is 0.520. The fourth-order valence-corrected chi connectivity index (χ4v) is 4.46. The third-order valence-corrected chi connectivity index (χ3v) is 10.1. The van der Waals surface area contributed by atoms with E-state index in [1.165, 1.54) is 31.4 Å². The first-order valence-corrected chi connectivity index (χ1v) is 11.0. The summed E-state index contributed by atoms with van der Waals surface area (Å²) in [5.41, 5.74) is 1.51. The van der Waals surface area contributed by atoms with Crippen molar-refractivity contribution < 1.29 is 4.43 Å². The average Bonchev–Trinajstić information content (AvgIpc) is 2.34. The maximum atomic E-state index is 6.78. The zero-order valence-electron chi connectivity index (χ0n) is 14.1. The van der Waals surface area contributed by atoms with Crippen LogP contribution in [0.4, 0.5) is 0 Å². The molecule has 0 radical (unpaired) electrons. The Hall–Kier alpha value is -0.413. The van der Waals surface area contributed by atoms with Crippen molar-refractivity contribution in [3.8, 4) is 0 Å². The summed E-state index contributed by atoms with van der Waals surface area (Å²) in [5.74, 6) is 0. The van der Waals surface area contributed by atoms with Gasteiger partial charge in [0.15, 0.2) is 8.32 Å². The third-order valence-electron chi connectivity index (χ3n) is 5.69. The van der Waals surface area contributed by atoms with Crippen LogP contribution in [0.15, 0.2) is 17.1 Å². The standard InChI is InChI=1S/C17H31NOSi/c1-14-17(12-9-13-18-14)11-8-7-10-15(17)19-20(5,6)16(2,3)4/h7,10,15H,8-9,11-13H2,1-6H3/t15-,17-/m0/s1. The summed E-state index contributed by atoms with van der Waals surface area (Å²) in [5, 5.41) is 0.263. The van der Waals surface area contributed by atoms with Gasteiger partial charge in [-0.1, -0.05) is 32.9 Å². The van der Waals surface area contributed by atoms with Crippen molar-refractivity contribution in [2.45, 2.75) is 77.6 Å². The van der Waals surface area contributed by atoms with Gasteiger partial charge in [-0.05, 0) is 50.7 Å². The molecular weight excluding hydrogens is 262 g/mol. The van der Waals surface area contributed by atoms with Gasteiger partial charge in [0.2, 0.25) is 0 Å². The van der Waals surface area contributed by atoms with Crippen molar-refractivity contribution in [2.75, 3.05) is 6.54 Å². The van der Waals surface area contributed by atoms with Gasteiger partial charge in [0.05, 0.1) is 6.10 Å². The summed E-state index contributed by atoms with van der Waals surface area (Å²) in [6.45, 7) is 14.9. The second-order valence-corrected chi connectivity index (χ2v) is 12.7. The Bertz CT molecular complexity index is 419. The van der Waals surface area contributed by atoms with E-state index >= 15 is 0 Å². The normalized spacial score (nSPS) is 31.5. The van der Waals surface area contributed by atoms with Crippen LogP contribution in [0.3, 0.4) is 0 Å². The van der Waals surface area contributed by atoms with E-state index in [4.69, 9.17) is 9.42 Å². The summed E-state index contributed by atoms with van der Waals surface area (Å²) in [4.78, 5) is 4.77. The summed E-state index contributed by atoms with van der Waals surface area (Å²) in [6, 6.07) is 0. The second kappa shape index (κ2) is 5.41. The Kier molecular flexibility index (Phi) is 4.32. The maximum absolute atomic E-state index is 6.78. The maximum Gasteiger partial charge on any atom is 0.192 e. The highest BCUT2D eigenvalue weighted by atomic mass is 28.4. The fraction of sp³-hybridized carbons (Fsp3) is 0.824. The van der Waals surface area contributed by atoms with Gasteiger partial charge in [-0.2, -0.15) is 0 Å². The molecule has 0 bridgehead atoms. The molecule has 114 valence electrons. The van der Waals surface area contributed by atoms with Crippen molar-refractivity contribution in [3.05, 3.63) is 12.2 Å². The third kappa shape index (κ3) is 2.80. The zero-order chi connectivity index (χ0) is 15.0. The Balaban J connectivity index is 2.29. The van der Waals surface area contributed by atoms with Crippen LogP contribution in [0.2, 0.25) is 18.1 Å². The van der Waals surface area contributed by atoms with Crippen molar-refractivity contribution in [2.24, 2.45) is 10.4 Å². The van der Waals surface area contributed by atoms with E-state index in [9.17, 15) is 0 Å². The van der Waals surface area contributed by atoms with Gasteiger partial charge >= 0.3 is 0 Å². The van der Waals surface area contributed by atoms with Crippen molar-refractivity contribution in [3.63, 3.8) is 0 Å². The van der Waals surface area contributed by atoms with Gasteiger partial charge in [-0.3, -0.25) is 4.99 Å². The Morgan fingerprint density at radius 1 is 1.30 bits per heavy atom. The largest absolute Gasteiger partial charge is 0.410 e. The van der Waals surface area contributed by atoms with Gasteiger partial charge in [0.1, 0.15) is 0 Å². The highest BCUT2D eigenvalue weighted by molar-refractivity contribution is 6.74. The van der Waals surface area contributed by atoms with E-state index in [-0.39, 0.29) is 16.6 Å². The molecule has 2 aliphatic rings. The second-order valence-electron chi connectivity index (χ2n) is 7.99. The van der Waals surface area contributed by atoms with Crippen LogP contribution in [0.1, 0.15) is 53.4 Å². The van der Waals surface area contributed by atoms with Crippen LogP contribution >= 0.6 is 0 Å². The van der Waals surface area contributed by atoms with Gasteiger partial charge in [0.25, 0.3) is 0 Å². The van der Waals surface area contributed by atoms with E-state index in [1.54, 1.807) is 0 Å². The lowest BCUT2D eigenvalue weighted by atomic mass is 9.67. The van der Waals surface area contributed by atoms with Gasteiger partial charge in [0, 0.05) is 17.7 Å². The molecular formula is C17H31NOSi. The molecule has 20 heavy (non-hydrogen) atoms. The fourth-order valence-electron chi connectivity index (χ4n) is 3.17. The Morgan fingerprint density at radius 3 is 2.60 bits per heavy atom. The minimum absolute atomic E-state index is 0.183. The summed E-state index contributed by atoms with van der Waals surface area (Å²) in [6.07, 6.45) is 9.71. The molecule has 0 aromatic rings. The molecule has 0 aromatic carbocycles. The number of hydrogen-bond acceptors (Lipinski definition) is 2. The van der Waals surface area contributed by atoms with Crippen LogP contribution in [-0.4, -0.2) is 26.7 Å². The van der Waals surface area contributed by atoms with Crippen LogP contribution in [-0.2, 0) is 4.43 Å². The smallest absolute Gasteiger partial charge is 0.192 e.